The Bertz CT molecular complexity index is 605. The van der Waals surface area contributed by atoms with Crippen LogP contribution in [0.25, 0.3) is 10.6 Å². The summed E-state index contributed by atoms with van der Waals surface area (Å²) >= 11 is 7.19. The SMILES string of the molecule is CC(CO)N(C)Cc1ccc(-c2nc(CCl)cs2)cc1F. The number of halogens is 2. The van der Waals surface area contributed by atoms with Gasteiger partial charge in [0, 0.05) is 29.1 Å². The first-order valence-electron chi connectivity index (χ1n) is 6.65. The van der Waals surface area contributed by atoms with Crippen molar-refractivity contribution in [3.63, 3.8) is 0 Å². The Balaban J connectivity index is 2.17. The Morgan fingerprint density at radius 3 is 2.81 bits per heavy atom. The van der Waals surface area contributed by atoms with Crippen molar-refractivity contribution in [3.8, 4) is 10.6 Å². The molecule has 1 N–H and O–H groups in total. The van der Waals surface area contributed by atoms with Gasteiger partial charge in [-0.3, -0.25) is 4.90 Å². The van der Waals surface area contributed by atoms with E-state index in [9.17, 15) is 4.39 Å². The molecule has 0 spiro atoms. The third kappa shape index (κ3) is 4.01. The number of hydrogen-bond donors (Lipinski definition) is 1. The van der Waals surface area contributed by atoms with E-state index >= 15 is 0 Å². The number of thiazole rings is 1. The monoisotopic (exact) mass is 328 g/mol. The summed E-state index contributed by atoms with van der Waals surface area (Å²) in [4.78, 5) is 6.26. The normalized spacial score (nSPS) is 12.9. The van der Waals surface area contributed by atoms with E-state index in [4.69, 9.17) is 16.7 Å². The highest BCUT2D eigenvalue weighted by atomic mass is 35.5. The minimum absolute atomic E-state index is 0.00526. The second kappa shape index (κ2) is 7.31. The minimum Gasteiger partial charge on any atom is -0.395 e. The van der Waals surface area contributed by atoms with Gasteiger partial charge in [-0.2, -0.15) is 0 Å². The number of nitrogens with zero attached hydrogens (tertiary/aromatic N) is 2. The molecule has 0 aliphatic carbocycles. The predicted octanol–water partition coefficient (Wildman–Crippen LogP) is 3.50. The molecule has 1 heterocycles. The second-order valence-corrected chi connectivity index (χ2v) is 6.16. The van der Waals surface area contributed by atoms with Crippen molar-refractivity contribution >= 4 is 22.9 Å². The van der Waals surface area contributed by atoms with E-state index in [2.05, 4.69) is 4.98 Å². The maximum atomic E-state index is 14.2. The fourth-order valence-electron chi connectivity index (χ4n) is 1.87. The van der Waals surface area contributed by atoms with E-state index in [1.165, 1.54) is 17.4 Å². The zero-order valence-corrected chi connectivity index (χ0v) is 13.6. The lowest BCUT2D eigenvalue weighted by Crippen LogP contribution is -2.31. The maximum absolute atomic E-state index is 14.2. The van der Waals surface area contributed by atoms with E-state index in [1.807, 2.05) is 30.3 Å². The van der Waals surface area contributed by atoms with Crippen LogP contribution in [0.5, 0.6) is 0 Å². The van der Waals surface area contributed by atoms with Crippen LogP contribution in [-0.2, 0) is 12.4 Å². The van der Waals surface area contributed by atoms with Crippen LogP contribution in [0.2, 0.25) is 0 Å². The molecule has 0 aliphatic rings. The number of aliphatic hydroxyl groups is 1. The third-order valence-electron chi connectivity index (χ3n) is 3.43. The summed E-state index contributed by atoms with van der Waals surface area (Å²) in [6.07, 6.45) is 0. The number of aliphatic hydroxyl groups excluding tert-OH is 1. The van der Waals surface area contributed by atoms with Crippen molar-refractivity contribution in [1.82, 2.24) is 9.88 Å². The van der Waals surface area contributed by atoms with Crippen molar-refractivity contribution in [2.75, 3.05) is 13.7 Å². The maximum Gasteiger partial charge on any atom is 0.128 e. The van der Waals surface area contributed by atoms with Crippen LogP contribution in [0.1, 0.15) is 18.2 Å². The van der Waals surface area contributed by atoms with Crippen molar-refractivity contribution in [3.05, 3.63) is 40.7 Å². The molecule has 0 amide bonds. The van der Waals surface area contributed by atoms with Gasteiger partial charge in [-0.25, -0.2) is 9.37 Å². The van der Waals surface area contributed by atoms with Crippen LogP contribution in [0.4, 0.5) is 4.39 Å². The standard InChI is InChI=1S/C15H18ClFN2OS/c1-10(8-20)19(2)7-12-4-3-11(5-14(12)17)15-18-13(6-16)9-21-15/h3-5,9-10,20H,6-8H2,1-2H3. The zero-order chi connectivity index (χ0) is 15.4. The van der Waals surface area contributed by atoms with Gasteiger partial charge >= 0.3 is 0 Å². The van der Waals surface area contributed by atoms with Gasteiger partial charge < -0.3 is 5.11 Å². The summed E-state index contributed by atoms with van der Waals surface area (Å²) in [5.41, 5.74) is 2.17. The molecule has 0 bridgehead atoms. The number of alkyl halides is 1. The van der Waals surface area contributed by atoms with Crippen LogP contribution in [-0.4, -0.2) is 34.7 Å². The Morgan fingerprint density at radius 1 is 1.48 bits per heavy atom. The molecule has 0 aliphatic heterocycles. The Labute approximate surface area is 133 Å². The lowest BCUT2D eigenvalue weighted by atomic mass is 10.1. The van der Waals surface area contributed by atoms with Crippen LogP contribution in [0, 0.1) is 5.82 Å². The van der Waals surface area contributed by atoms with Gasteiger partial charge in [-0.15, -0.1) is 22.9 Å². The molecule has 0 saturated carbocycles. The molecule has 6 heteroatoms. The number of hydrogen-bond acceptors (Lipinski definition) is 4. The highest BCUT2D eigenvalue weighted by molar-refractivity contribution is 7.13. The largest absolute Gasteiger partial charge is 0.395 e. The van der Waals surface area contributed by atoms with Gasteiger partial charge in [0.2, 0.25) is 0 Å². The van der Waals surface area contributed by atoms with Crippen LogP contribution in [0.15, 0.2) is 23.6 Å². The first-order chi connectivity index (χ1) is 10.0. The van der Waals surface area contributed by atoms with E-state index in [0.29, 0.717) is 18.0 Å². The smallest absolute Gasteiger partial charge is 0.128 e. The quantitative estimate of drug-likeness (QED) is 0.824. The van der Waals surface area contributed by atoms with Crippen molar-refractivity contribution in [2.45, 2.75) is 25.4 Å². The lowest BCUT2D eigenvalue weighted by Gasteiger charge is -2.23. The van der Waals surface area contributed by atoms with Crippen LogP contribution >= 0.6 is 22.9 Å². The van der Waals surface area contributed by atoms with E-state index in [1.54, 1.807) is 6.07 Å². The summed E-state index contributed by atoms with van der Waals surface area (Å²) in [6, 6.07) is 5.14. The van der Waals surface area contributed by atoms with E-state index in [0.717, 1.165) is 16.3 Å². The topological polar surface area (TPSA) is 36.4 Å². The fourth-order valence-corrected chi connectivity index (χ4v) is 2.92. The number of rotatable bonds is 6. The van der Waals surface area contributed by atoms with Gasteiger partial charge in [0.1, 0.15) is 10.8 Å². The Kier molecular flexibility index (Phi) is 5.70. The minimum atomic E-state index is -0.257. The van der Waals surface area contributed by atoms with Crippen molar-refractivity contribution in [1.29, 1.82) is 0 Å². The lowest BCUT2D eigenvalue weighted by molar-refractivity contribution is 0.153. The summed E-state index contributed by atoms with van der Waals surface area (Å²) < 4.78 is 14.2. The number of benzene rings is 1. The predicted molar refractivity (Wildman–Crippen MR) is 85.1 cm³/mol. The molecular formula is C15H18ClFN2OS. The average Bonchev–Trinajstić information content (AvgIpc) is 2.97. The van der Waals surface area contributed by atoms with Gasteiger partial charge in [0.05, 0.1) is 18.2 Å². The summed E-state index contributed by atoms with van der Waals surface area (Å²) in [7, 11) is 1.86. The van der Waals surface area contributed by atoms with Gasteiger partial charge in [-0.1, -0.05) is 12.1 Å². The summed E-state index contributed by atoms with van der Waals surface area (Å²) in [5.74, 6) is 0.105. The summed E-state index contributed by atoms with van der Waals surface area (Å²) in [5, 5.41) is 11.8. The molecule has 0 radical (unpaired) electrons. The molecule has 0 fully saturated rings. The molecule has 1 aromatic carbocycles. The molecule has 21 heavy (non-hydrogen) atoms. The first kappa shape index (κ1) is 16.4. The highest BCUT2D eigenvalue weighted by Crippen LogP contribution is 2.26. The zero-order valence-electron chi connectivity index (χ0n) is 12.0. The molecule has 0 saturated heterocycles. The second-order valence-electron chi connectivity index (χ2n) is 5.03. The first-order valence-corrected chi connectivity index (χ1v) is 8.06. The van der Waals surface area contributed by atoms with Gasteiger partial charge in [0.15, 0.2) is 0 Å². The molecule has 1 unspecified atom stereocenters. The third-order valence-corrected chi connectivity index (χ3v) is 4.64. The molecule has 1 aromatic heterocycles. The highest BCUT2D eigenvalue weighted by Gasteiger charge is 2.13. The molecular weight excluding hydrogens is 311 g/mol. The van der Waals surface area contributed by atoms with Gasteiger partial charge in [-0.05, 0) is 20.0 Å². The average molecular weight is 329 g/mol. The Hall–Kier alpha value is -1.01. The van der Waals surface area contributed by atoms with E-state index < -0.39 is 0 Å². The number of aromatic nitrogens is 1. The van der Waals surface area contributed by atoms with Crippen molar-refractivity contribution < 1.29 is 9.50 Å². The van der Waals surface area contributed by atoms with Crippen LogP contribution in [0.3, 0.4) is 0 Å². The molecule has 2 aromatic rings. The fraction of sp³-hybridized carbons (Fsp3) is 0.400. The Morgan fingerprint density at radius 2 is 2.24 bits per heavy atom. The van der Waals surface area contributed by atoms with Gasteiger partial charge in [0.25, 0.3) is 0 Å². The molecule has 1 atom stereocenters. The van der Waals surface area contributed by atoms with Crippen LogP contribution < -0.4 is 0 Å². The summed E-state index contributed by atoms with van der Waals surface area (Å²) in [6.45, 7) is 2.41. The molecule has 3 nitrogen and oxygen atoms in total. The molecule has 2 rings (SSSR count). The van der Waals surface area contributed by atoms with Crippen molar-refractivity contribution in [2.24, 2.45) is 0 Å². The molecule has 114 valence electrons. The van der Waals surface area contributed by atoms with E-state index in [-0.39, 0.29) is 18.5 Å². The number of likely N-dealkylation sites (N-methyl/N-ethyl adjacent to an activating group) is 1.